The van der Waals surface area contributed by atoms with Gasteiger partial charge in [0.15, 0.2) is 0 Å². The summed E-state index contributed by atoms with van der Waals surface area (Å²) in [5.41, 5.74) is 2.48. The van der Waals surface area contributed by atoms with E-state index in [-0.39, 0.29) is 24.3 Å². The van der Waals surface area contributed by atoms with Crippen LogP contribution in [0.4, 0.5) is 11.4 Å². The molecule has 1 aliphatic carbocycles. The second-order valence-corrected chi connectivity index (χ2v) is 9.93. The standard InChI is InChI=1S/C26H25ClN2O2S/c27-18-8-6-11-20(16-18)29(24(30)17-21-12-7-15-32-21)25-22-13-4-5-14-23(22)28(26(25)31)19-9-2-1-3-10-19/h4-8,11-16,19,25H,1-3,9-10,17H2. The van der Waals surface area contributed by atoms with Crippen molar-refractivity contribution in [3.05, 3.63) is 81.5 Å². The molecule has 4 nitrogen and oxygen atoms in total. The highest BCUT2D eigenvalue weighted by atomic mass is 35.5. The molecule has 1 unspecified atom stereocenters. The fourth-order valence-corrected chi connectivity index (χ4v) is 5.88. The van der Waals surface area contributed by atoms with Gasteiger partial charge in [-0.3, -0.25) is 14.5 Å². The summed E-state index contributed by atoms with van der Waals surface area (Å²) in [5, 5.41) is 2.51. The second kappa shape index (κ2) is 9.08. The molecule has 164 valence electrons. The fourth-order valence-electron chi connectivity index (χ4n) is 5.00. The van der Waals surface area contributed by atoms with Gasteiger partial charge < -0.3 is 4.90 Å². The second-order valence-electron chi connectivity index (χ2n) is 8.46. The maximum atomic E-state index is 14.0. The van der Waals surface area contributed by atoms with Gasteiger partial charge in [-0.15, -0.1) is 11.3 Å². The third-order valence-electron chi connectivity index (χ3n) is 6.42. The third kappa shape index (κ3) is 3.96. The summed E-state index contributed by atoms with van der Waals surface area (Å²) in [6.45, 7) is 0. The van der Waals surface area contributed by atoms with E-state index < -0.39 is 6.04 Å². The van der Waals surface area contributed by atoms with Crippen molar-refractivity contribution in [2.45, 2.75) is 50.6 Å². The molecule has 1 aliphatic heterocycles. The zero-order chi connectivity index (χ0) is 22.1. The average molecular weight is 465 g/mol. The minimum Gasteiger partial charge on any atom is -0.307 e. The average Bonchev–Trinajstić information content (AvgIpc) is 3.41. The van der Waals surface area contributed by atoms with E-state index in [1.807, 2.05) is 58.8 Å². The van der Waals surface area contributed by atoms with E-state index in [9.17, 15) is 9.59 Å². The predicted octanol–water partition coefficient (Wildman–Crippen LogP) is 6.40. The van der Waals surface area contributed by atoms with E-state index in [4.69, 9.17) is 11.6 Å². The van der Waals surface area contributed by atoms with Crippen LogP contribution in [-0.4, -0.2) is 17.9 Å². The van der Waals surface area contributed by atoms with Crippen molar-refractivity contribution in [2.75, 3.05) is 9.80 Å². The number of carbonyl (C=O) groups is 2. The van der Waals surface area contributed by atoms with Gasteiger partial charge in [0, 0.05) is 32.9 Å². The Balaban J connectivity index is 1.58. The van der Waals surface area contributed by atoms with Gasteiger partial charge in [0.25, 0.3) is 5.91 Å². The largest absolute Gasteiger partial charge is 0.307 e. The van der Waals surface area contributed by atoms with Crippen LogP contribution < -0.4 is 9.80 Å². The molecule has 1 fully saturated rings. The zero-order valence-electron chi connectivity index (χ0n) is 17.7. The van der Waals surface area contributed by atoms with Gasteiger partial charge in [-0.05, 0) is 48.6 Å². The summed E-state index contributed by atoms with van der Waals surface area (Å²) in [6, 6.07) is 18.6. The molecule has 1 saturated carbocycles. The predicted molar refractivity (Wildman–Crippen MR) is 131 cm³/mol. The summed E-state index contributed by atoms with van der Waals surface area (Å²) in [7, 11) is 0. The number of amides is 2. The van der Waals surface area contributed by atoms with Crippen LogP contribution in [0.25, 0.3) is 0 Å². The van der Waals surface area contributed by atoms with Crippen LogP contribution in [0.2, 0.25) is 5.02 Å². The number of hydrogen-bond acceptors (Lipinski definition) is 3. The molecule has 1 aromatic heterocycles. The number of thiophene rings is 1. The van der Waals surface area contributed by atoms with Gasteiger partial charge in [-0.2, -0.15) is 0 Å². The van der Waals surface area contributed by atoms with Crippen molar-refractivity contribution in [3.63, 3.8) is 0 Å². The smallest absolute Gasteiger partial charge is 0.255 e. The van der Waals surface area contributed by atoms with E-state index in [0.717, 1.165) is 41.8 Å². The number of para-hydroxylation sites is 1. The van der Waals surface area contributed by atoms with Crippen molar-refractivity contribution in [3.8, 4) is 0 Å². The maximum Gasteiger partial charge on any atom is 0.255 e. The van der Waals surface area contributed by atoms with Crippen molar-refractivity contribution >= 4 is 46.1 Å². The molecule has 0 bridgehead atoms. The van der Waals surface area contributed by atoms with E-state index in [0.29, 0.717) is 10.7 Å². The van der Waals surface area contributed by atoms with Crippen molar-refractivity contribution in [1.82, 2.24) is 0 Å². The monoisotopic (exact) mass is 464 g/mol. The molecule has 2 aromatic carbocycles. The van der Waals surface area contributed by atoms with Gasteiger partial charge in [-0.1, -0.05) is 61.2 Å². The Labute approximate surface area is 197 Å². The molecule has 3 aromatic rings. The van der Waals surface area contributed by atoms with Crippen LogP contribution in [-0.2, 0) is 16.0 Å². The number of carbonyl (C=O) groups excluding carboxylic acids is 2. The van der Waals surface area contributed by atoms with Crippen molar-refractivity contribution in [2.24, 2.45) is 0 Å². The highest BCUT2D eigenvalue weighted by molar-refractivity contribution is 7.10. The Kier molecular flexibility index (Phi) is 6.03. The van der Waals surface area contributed by atoms with Gasteiger partial charge in [-0.25, -0.2) is 0 Å². The molecule has 0 radical (unpaired) electrons. The molecule has 0 N–H and O–H groups in total. The molecule has 6 heteroatoms. The summed E-state index contributed by atoms with van der Waals surface area (Å²) in [6.07, 6.45) is 5.75. The van der Waals surface area contributed by atoms with E-state index in [1.165, 1.54) is 6.42 Å². The minimum atomic E-state index is -0.681. The Hall–Kier alpha value is -2.63. The summed E-state index contributed by atoms with van der Waals surface area (Å²) < 4.78 is 0. The molecule has 32 heavy (non-hydrogen) atoms. The third-order valence-corrected chi connectivity index (χ3v) is 7.53. The van der Waals surface area contributed by atoms with Crippen LogP contribution in [0.15, 0.2) is 66.0 Å². The van der Waals surface area contributed by atoms with Crippen LogP contribution in [0.1, 0.15) is 48.6 Å². The van der Waals surface area contributed by atoms with Gasteiger partial charge in [0.1, 0.15) is 6.04 Å². The Bertz CT molecular complexity index is 1120. The number of halogens is 1. The zero-order valence-corrected chi connectivity index (χ0v) is 19.3. The summed E-state index contributed by atoms with van der Waals surface area (Å²) >= 11 is 7.85. The fraction of sp³-hybridized carbons (Fsp3) is 0.308. The van der Waals surface area contributed by atoms with Crippen LogP contribution >= 0.6 is 22.9 Å². The normalized spacial score (nSPS) is 18.6. The van der Waals surface area contributed by atoms with Crippen LogP contribution in [0, 0.1) is 0 Å². The molecule has 2 heterocycles. The quantitative estimate of drug-likeness (QED) is 0.438. The number of benzene rings is 2. The molecule has 2 amide bonds. The first-order chi connectivity index (χ1) is 15.6. The maximum absolute atomic E-state index is 14.0. The Morgan fingerprint density at radius 3 is 2.59 bits per heavy atom. The lowest BCUT2D eigenvalue weighted by atomic mass is 9.94. The Morgan fingerprint density at radius 1 is 1.03 bits per heavy atom. The molecular formula is C26H25ClN2O2S. The van der Waals surface area contributed by atoms with Crippen molar-refractivity contribution < 1.29 is 9.59 Å². The van der Waals surface area contributed by atoms with Crippen molar-refractivity contribution in [1.29, 1.82) is 0 Å². The number of rotatable bonds is 5. The van der Waals surface area contributed by atoms with E-state index in [2.05, 4.69) is 0 Å². The summed E-state index contributed by atoms with van der Waals surface area (Å²) in [5.74, 6) is -0.119. The first-order valence-corrected chi connectivity index (χ1v) is 12.4. The lowest BCUT2D eigenvalue weighted by Crippen LogP contribution is -2.45. The summed E-state index contributed by atoms with van der Waals surface area (Å²) in [4.78, 5) is 32.2. The molecule has 2 aliphatic rings. The first kappa shape index (κ1) is 21.2. The number of hydrogen-bond donors (Lipinski definition) is 0. The van der Waals surface area contributed by atoms with E-state index >= 15 is 0 Å². The highest BCUT2D eigenvalue weighted by Gasteiger charge is 2.45. The van der Waals surface area contributed by atoms with E-state index in [1.54, 1.807) is 28.4 Å². The molecule has 0 spiro atoms. The number of anilines is 2. The molecule has 5 rings (SSSR count). The molecular weight excluding hydrogens is 440 g/mol. The molecule has 0 saturated heterocycles. The van der Waals surface area contributed by atoms with Crippen LogP contribution in [0.5, 0.6) is 0 Å². The Morgan fingerprint density at radius 2 is 1.84 bits per heavy atom. The number of fused-ring (bicyclic) bond motifs is 1. The SMILES string of the molecule is O=C1C(N(C(=O)Cc2cccs2)c2cccc(Cl)c2)c2ccccc2N1C1CCCCC1. The minimum absolute atomic E-state index is 0.0161. The topological polar surface area (TPSA) is 40.6 Å². The molecule has 1 atom stereocenters. The van der Waals surface area contributed by atoms with Gasteiger partial charge >= 0.3 is 0 Å². The van der Waals surface area contributed by atoms with Crippen LogP contribution in [0.3, 0.4) is 0 Å². The highest BCUT2D eigenvalue weighted by Crippen LogP contribution is 2.44. The number of nitrogens with zero attached hydrogens (tertiary/aromatic N) is 2. The van der Waals surface area contributed by atoms with Gasteiger partial charge in [0.05, 0.1) is 6.42 Å². The van der Waals surface area contributed by atoms with Gasteiger partial charge in [0.2, 0.25) is 5.91 Å². The lowest BCUT2D eigenvalue weighted by Gasteiger charge is -2.33. The lowest BCUT2D eigenvalue weighted by molar-refractivity contribution is -0.124. The first-order valence-electron chi connectivity index (χ1n) is 11.2.